The summed E-state index contributed by atoms with van der Waals surface area (Å²) < 4.78 is 4.79. The Hall–Kier alpha value is -0.120. The fourth-order valence-electron chi connectivity index (χ4n) is 0.620. The summed E-state index contributed by atoms with van der Waals surface area (Å²) in [5.74, 6) is 0. The van der Waals surface area contributed by atoms with Crippen molar-refractivity contribution in [3.8, 4) is 0 Å². The summed E-state index contributed by atoms with van der Waals surface area (Å²) in [5, 5.41) is 8.08. The molecule has 2 unspecified atom stereocenters. The van der Waals surface area contributed by atoms with Crippen LogP contribution in [0.15, 0.2) is 0 Å². The number of nitrogens with one attached hydrogen (secondary N) is 1. The second-order valence-electron chi connectivity index (χ2n) is 1.72. The number of fused-ring (bicyclic) bond motifs is 1. The van der Waals surface area contributed by atoms with E-state index >= 15 is 0 Å². The Labute approximate surface area is 34.9 Å². The Morgan fingerprint density at radius 1 is 1.50 bits per heavy atom. The van der Waals surface area contributed by atoms with Gasteiger partial charge >= 0.3 is 0 Å². The smallest absolute Gasteiger partial charge is 0.106 e. The zero-order valence-electron chi connectivity index (χ0n) is 3.09. The molecule has 2 N–H and O–H groups in total. The first-order chi connectivity index (χ1) is 2.93. The van der Waals surface area contributed by atoms with E-state index in [2.05, 4.69) is 5.48 Å². The molecule has 2 rings (SSSR count). The Bertz CT molecular complexity index is 76.9. The minimum absolute atomic E-state index is 0.282. The van der Waals surface area contributed by atoms with Crippen molar-refractivity contribution in [1.29, 1.82) is 0 Å². The van der Waals surface area contributed by atoms with Crippen LogP contribution in [0, 0.1) is 0 Å². The molecule has 34 valence electrons. The van der Waals surface area contributed by atoms with Crippen molar-refractivity contribution in [2.45, 2.75) is 18.2 Å². The zero-order chi connectivity index (χ0) is 4.15. The molecular formula is C3H5NO2. The first-order valence-electron chi connectivity index (χ1n) is 1.98. The topological polar surface area (TPSA) is 44.8 Å². The molecule has 0 bridgehead atoms. The van der Waals surface area contributed by atoms with Crippen molar-refractivity contribution in [1.82, 2.24) is 5.48 Å². The maximum absolute atomic E-state index is 8.08. The minimum atomic E-state index is 0.282. The highest BCUT2D eigenvalue weighted by Crippen LogP contribution is 2.46. The molecule has 0 aromatic rings. The lowest BCUT2D eigenvalue weighted by atomic mass is 10.7. The predicted molar refractivity (Wildman–Crippen MR) is 17.4 cm³/mol. The highest BCUT2D eigenvalue weighted by atomic mass is 16.6. The summed E-state index contributed by atoms with van der Waals surface area (Å²) in [4.78, 5) is 0. The molecule has 1 saturated heterocycles. The third-order valence-electron chi connectivity index (χ3n) is 1.28. The van der Waals surface area contributed by atoms with Gasteiger partial charge in [-0.15, -0.1) is 0 Å². The normalized spacial score (nSPS) is 60.5. The molecular weight excluding hydrogens is 82.0 g/mol. The lowest BCUT2D eigenvalue weighted by Crippen LogP contribution is -2.20. The van der Waals surface area contributed by atoms with Crippen LogP contribution in [-0.2, 0) is 4.74 Å². The molecule has 2 aliphatic rings. The van der Waals surface area contributed by atoms with Crippen molar-refractivity contribution in [2.24, 2.45) is 0 Å². The summed E-state index contributed by atoms with van der Waals surface area (Å²) in [6, 6.07) is 0.282. The van der Waals surface area contributed by atoms with E-state index in [1.165, 1.54) is 0 Å². The predicted octanol–water partition coefficient (Wildman–Crippen LogP) is -0.885. The van der Waals surface area contributed by atoms with E-state index in [1.54, 1.807) is 0 Å². The van der Waals surface area contributed by atoms with Crippen LogP contribution in [0.25, 0.3) is 0 Å². The molecule has 1 aliphatic heterocycles. The molecule has 0 radical (unpaired) electrons. The van der Waals surface area contributed by atoms with Crippen LogP contribution in [-0.4, -0.2) is 23.5 Å². The Kier molecular flexibility index (Phi) is 0.306. The van der Waals surface area contributed by atoms with Crippen LogP contribution < -0.4 is 5.48 Å². The van der Waals surface area contributed by atoms with Crippen molar-refractivity contribution >= 4 is 0 Å². The van der Waals surface area contributed by atoms with Crippen LogP contribution in [0.3, 0.4) is 0 Å². The van der Waals surface area contributed by atoms with E-state index in [9.17, 15) is 0 Å². The van der Waals surface area contributed by atoms with Gasteiger partial charge in [0, 0.05) is 0 Å². The third kappa shape index (κ3) is 0.167. The molecule has 1 heterocycles. The Morgan fingerprint density at radius 3 is 2.17 bits per heavy atom. The maximum atomic E-state index is 8.08. The maximum Gasteiger partial charge on any atom is 0.106 e. The van der Waals surface area contributed by atoms with Crippen LogP contribution in [0.5, 0.6) is 0 Å². The van der Waals surface area contributed by atoms with E-state index in [0.29, 0.717) is 12.2 Å². The van der Waals surface area contributed by atoms with E-state index in [1.807, 2.05) is 0 Å². The minimum Gasteiger partial charge on any atom is -0.366 e. The monoisotopic (exact) mass is 87.0 g/mol. The van der Waals surface area contributed by atoms with Gasteiger partial charge in [0.2, 0.25) is 0 Å². The molecule has 0 amide bonds. The first-order valence-corrected chi connectivity index (χ1v) is 1.98. The summed E-state index contributed by atoms with van der Waals surface area (Å²) >= 11 is 0. The SMILES string of the molecule is ONC1C2OC12. The van der Waals surface area contributed by atoms with E-state index in [4.69, 9.17) is 9.94 Å². The van der Waals surface area contributed by atoms with Crippen LogP contribution in [0.1, 0.15) is 0 Å². The van der Waals surface area contributed by atoms with Crippen molar-refractivity contribution in [2.75, 3.05) is 0 Å². The van der Waals surface area contributed by atoms with Crippen LogP contribution >= 0.6 is 0 Å². The van der Waals surface area contributed by atoms with Gasteiger partial charge in [-0.05, 0) is 0 Å². The highest BCUT2D eigenvalue weighted by molar-refractivity contribution is 5.18. The summed E-state index contributed by atoms with van der Waals surface area (Å²) in [5.41, 5.74) is 2.11. The molecule has 0 spiro atoms. The molecule has 6 heavy (non-hydrogen) atoms. The lowest BCUT2D eigenvalue weighted by Gasteiger charge is -1.93. The van der Waals surface area contributed by atoms with Crippen molar-refractivity contribution < 1.29 is 9.94 Å². The van der Waals surface area contributed by atoms with Gasteiger partial charge in [0.05, 0.1) is 6.04 Å². The van der Waals surface area contributed by atoms with Gasteiger partial charge in [0.25, 0.3) is 0 Å². The number of hydroxylamine groups is 1. The molecule has 0 aromatic heterocycles. The zero-order valence-corrected chi connectivity index (χ0v) is 3.09. The molecule has 1 aliphatic carbocycles. The fraction of sp³-hybridized carbons (Fsp3) is 1.00. The molecule has 2 fully saturated rings. The number of ether oxygens (including phenoxy) is 1. The van der Waals surface area contributed by atoms with Gasteiger partial charge in [0.15, 0.2) is 0 Å². The third-order valence-corrected chi connectivity index (χ3v) is 1.28. The molecule has 0 aromatic carbocycles. The average Bonchev–Trinajstić information content (AvgIpc) is 2.12. The van der Waals surface area contributed by atoms with Gasteiger partial charge < -0.3 is 9.94 Å². The van der Waals surface area contributed by atoms with Crippen molar-refractivity contribution in [3.63, 3.8) is 0 Å². The van der Waals surface area contributed by atoms with E-state index in [-0.39, 0.29) is 6.04 Å². The Morgan fingerprint density at radius 2 is 2.17 bits per heavy atom. The summed E-state index contributed by atoms with van der Waals surface area (Å²) in [6.45, 7) is 0. The van der Waals surface area contributed by atoms with Gasteiger partial charge in [-0.2, -0.15) is 5.48 Å². The summed E-state index contributed by atoms with van der Waals surface area (Å²) in [7, 11) is 0. The molecule has 1 saturated carbocycles. The quantitative estimate of drug-likeness (QED) is 0.322. The largest absolute Gasteiger partial charge is 0.366 e. The number of epoxide rings is 1. The van der Waals surface area contributed by atoms with E-state index in [0.717, 1.165) is 0 Å². The fourth-order valence-corrected chi connectivity index (χ4v) is 0.620. The molecule has 3 nitrogen and oxygen atoms in total. The van der Waals surface area contributed by atoms with E-state index < -0.39 is 0 Å². The van der Waals surface area contributed by atoms with Gasteiger partial charge in [-0.3, -0.25) is 0 Å². The average molecular weight is 87.1 g/mol. The number of hydrogen-bond donors (Lipinski definition) is 2. The standard InChI is InChI=1S/C3H5NO2/c5-4-1-2-3(1)6-2/h1-5H. The van der Waals surface area contributed by atoms with Gasteiger partial charge in [-0.1, -0.05) is 0 Å². The number of rotatable bonds is 1. The summed E-state index contributed by atoms with van der Waals surface area (Å²) in [6.07, 6.45) is 0.741. The molecule has 3 heteroatoms. The van der Waals surface area contributed by atoms with Crippen LogP contribution in [0.4, 0.5) is 0 Å². The Balaban J connectivity index is 1.92. The number of hydrogen-bond acceptors (Lipinski definition) is 3. The van der Waals surface area contributed by atoms with Crippen molar-refractivity contribution in [3.05, 3.63) is 0 Å². The van der Waals surface area contributed by atoms with Gasteiger partial charge in [-0.25, -0.2) is 0 Å². The second kappa shape index (κ2) is 0.621. The first kappa shape index (κ1) is 2.96. The highest BCUT2D eigenvalue weighted by Gasteiger charge is 2.68. The molecule has 2 atom stereocenters. The van der Waals surface area contributed by atoms with Gasteiger partial charge in [0.1, 0.15) is 12.2 Å². The van der Waals surface area contributed by atoms with Crippen LogP contribution in [0.2, 0.25) is 0 Å². The second-order valence-corrected chi connectivity index (χ2v) is 1.72. The lowest BCUT2D eigenvalue weighted by molar-refractivity contribution is 0.0937.